The number of rotatable bonds is 5. The van der Waals surface area contributed by atoms with E-state index >= 15 is 0 Å². The first-order valence-electron chi connectivity index (χ1n) is 8.90. The lowest BCUT2D eigenvalue weighted by atomic mass is 9.94. The van der Waals surface area contributed by atoms with Crippen LogP contribution in [0.4, 0.5) is 0 Å². The molecule has 0 aliphatic rings. The number of aryl methyl sites for hydroxylation is 1. The maximum Gasteiger partial charge on any atom is 0.167 e. The highest BCUT2D eigenvalue weighted by Crippen LogP contribution is 2.33. The molecule has 1 atom stereocenters. The molecule has 4 nitrogen and oxygen atoms in total. The third kappa shape index (κ3) is 3.11. The fourth-order valence-corrected chi connectivity index (χ4v) is 3.29. The van der Waals surface area contributed by atoms with Crippen LogP contribution in [0, 0.1) is 0 Å². The Morgan fingerprint density at radius 1 is 0.923 bits per heavy atom. The van der Waals surface area contributed by atoms with E-state index in [1.165, 1.54) is 0 Å². The quantitative estimate of drug-likeness (QED) is 0.571. The topological polar surface area (TPSA) is 64.9 Å². The molecular weight excluding hydrogens is 322 g/mol. The molecule has 0 amide bonds. The smallest absolute Gasteiger partial charge is 0.167 e. The minimum atomic E-state index is -0.165. The number of fused-ring (bicyclic) bond motifs is 1. The molecule has 0 fully saturated rings. The summed E-state index contributed by atoms with van der Waals surface area (Å²) >= 11 is 0. The lowest BCUT2D eigenvalue weighted by Gasteiger charge is -2.15. The van der Waals surface area contributed by atoms with E-state index in [-0.39, 0.29) is 6.04 Å². The molecule has 0 saturated carbocycles. The summed E-state index contributed by atoms with van der Waals surface area (Å²) in [7, 11) is 0. The van der Waals surface area contributed by atoms with Crippen molar-refractivity contribution in [3.63, 3.8) is 0 Å². The predicted octanol–water partition coefficient (Wildman–Crippen LogP) is 4.69. The number of aromatic nitrogens is 2. The third-order valence-electron chi connectivity index (χ3n) is 4.65. The third-order valence-corrected chi connectivity index (χ3v) is 4.65. The van der Waals surface area contributed by atoms with Crippen molar-refractivity contribution in [2.75, 3.05) is 0 Å². The predicted molar refractivity (Wildman–Crippen MR) is 104 cm³/mol. The van der Waals surface area contributed by atoms with E-state index in [1.54, 1.807) is 0 Å². The van der Waals surface area contributed by atoms with Gasteiger partial charge in [-0.3, -0.25) is 4.98 Å². The monoisotopic (exact) mass is 343 g/mol. The van der Waals surface area contributed by atoms with Crippen LogP contribution in [0.1, 0.15) is 29.9 Å². The van der Waals surface area contributed by atoms with E-state index in [1.807, 2.05) is 54.6 Å². The normalized spacial score (nSPS) is 12.4. The van der Waals surface area contributed by atoms with Gasteiger partial charge in [-0.25, -0.2) is 0 Å². The maximum atomic E-state index is 6.57. The van der Waals surface area contributed by atoms with Crippen molar-refractivity contribution in [3.8, 4) is 11.3 Å². The van der Waals surface area contributed by atoms with E-state index in [4.69, 9.17) is 10.3 Å². The van der Waals surface area contributed by atoms with Crippen LogP contribution in [0.15, 0.2) is 71.3 Å². The summed E-state index contributed by atoms with van der Waals surface area (Å²) in [5.41, 5.74) is 12.3. The van der Waals surface area contributed by atoms with Gasteiger partial charge in [0.2, 0.25) is 0 Å². The molecule has 2 aromatic carbocycles. The van der Waals surface area contributed by atoms with Gasteiger partial charge in [0.1, 0.15) is 5.69 Å². The Morgan fingerprint density at radius 3 is 2.58 bits per heavy atom. The maximum absolute atomic E-state index is 6.57. The van der Waals surface area contributed by atoms with Crippen LogP contribution in [-0.4, -0.2) is 10.1 Å². The summed E-state index contributed by atoms with van der Waals surface area (Å²) in [5, 5.41) is 5.30. The Hall–Kier alpha value is -2.98. The van der Waals surface area contributed by atoms with E-state index in [2.05, 4.69) is 29.2 Å². The van der Waals surface area contributed by atoms with E-state index < -0.39 is 0 Å². The van der Waals surface area contributed by atoms with Crippen LogP contribution in [0.2, 0.25) is 0 Å². The zero-order chi connectivity index (χ0) is 17.9. The molecule has 2 N–H and O–H groups in total. The summed E-state index contributed by atoms with van der Waals surface area (Å²) in [4.78, 5) is 4.68. The Labute approximate surface area is 152 Å². The number of hydrogen-bond acceptors (Lipinski definition) is 4. The minimum Gasteiger partial charge on any atom is -0.356 e. The molecule has 0 aliphatic heterocycles. The highest BCUT2D eigenvalue weighted by atomic mass is 16.5. The molecule has 0 radical (unpaired) electrons. The lowest BCUT2D eigenvalue weighted by molar-refractivity contribution is 0.459. The number of nitrogens with zero attached hydrogens (tertiary/aromatic N) is 2. The molecule has 0 bridgehead atoms. The molecule has 0 spiro atoms. The van der Waals surface area contributed by atoms with Crippen LogP contribution in [0.3, 0.4) is 0 Å². The van der Waals surface area contributed by atoms with Crippen LogP contribution in [0.25, 0.3) is 22.2 Å². The molecule has 0 aliphatic carbocycles. The van der Waals surface area contributed by atoms with Gasteiger partial charge in [-0.2, -0.15) is 0 Å². The van der Waals surface area contributed by atoms with Crippen molar-refractivity contribution in [3.05, 3.63) is 83.7 Å². The fourth-order valence-electron chi connectivity index (χ4n) is 3.29. The van der Waals surface area contributed by atoms with Gasteiger partial charge < -0.3 is 10.3 Å². The van der Waals surface area contributed by atoms with Gasteiger partial charge in [0.25, 0.3) is 0 Å². The standard InChI is InChI=1S/C22H21N3O/c1-2-15-8-7-9-16(24-15)14-20(23)17-10-3-4-11-18(17)22-19-12-5-6-13-21(19)26-25-22/h3-13,20H,2,14,23H2,1H3. The zero-order valence-corrected chi connectivity index (χ0v) is 14.7. The Morgan fingerprint density at radius 2 is 1.69 bits per heavy atom. The number of benzene rings is 2. The van der Waals surface area contributed by atoms with Crippen LogP contribution in [0.5, 0.6) is 0 Å². The summed E-state index contributed by atoms with van der Waals surface area (Å²) in [6.07, 6.45) is 1.60. The Bertz CT molecular complexity index is 1040. The summed E-state index contributed by atoms with van der Waals surface area (Å²) in [6.45, 7) is 2.11. The van der Waals surface area contributed by atoms with Crippen molar-refractivity contribution in [2.45, 2.75) is 25.8 Å². The Balaban J connectivity index is 1.71. The molecule has 130 valence electrons. The molecule has 4 aromatic rings. The SMILES string of the molecule is CCc1cccc(CC(N)c2ccccc2-c2noc3ccccc23)n1. The molecule has 26 heavy (non-hydrogen) atoms. The Kier molecular flexibility index (Phi) is 4.50. The first-order valence-corrected chi connectivity index (χ1v) is 8.90. The van der Waals surface area contributed by atoms with Crippen molar-refractivity contribution in [1.82, 2.24) is 10.1 Å². The van der Waals surface area contributed by atoms with Crippen molar-refractivity contribution in [2.24, 2.45) is 5.73 Å². The number of hydrogen-bond donors (Lipinski definition) is 1. The molecular formula is C22H21N3O. The average Bonchev–Trinajstić information content (AvgIpc) is 3.12. The van der Waals surface area contributed by atoms with E-state index in [9.17, 15) is 0 Å². The second-order valence-corrected chi connectivity index (χ2v) is 6.40. The molecule has 2 heterocycles. The first-order chi connectivity index (χ1) is 12.8. The number of nitrogens with two attached hydrogens (primary N) is 1. The van der Waals surface area contributed by atoms with Gasteiger partial charge in [0.15, 0.2) is 5.58 Å². The van der Waals surface area contributed by atoms with Gasteiger partial charge in [-0.05, 0) is 36.2 Å². The average molecular weight is 343 g/mol. The van der Waals surface area contributed by atoms with Gasteiger partial charge in [-0.1, -0.05) is 54.5 Å². The van der Waals surface area contributed by atoms with Crippen molar-refractivity contribution < 1.29 is 4.52 Å². The number of para-hydroxylation sites is 1. The van der Waals surface area contributed by atoms with Crippen molar-refractivity contribution >= 4 is 11.0 Å². The fraction of sp³-hybridized carbons (Fsp3) is 0.182. The van der Waals surface area contributed by atoms with Gasteiger partial charge in [-0.15, -0.1) is 0 Å². The molecule has 2 aromatic heterocycles. The molecule has 4 rings (SSSR count). The summed E-state index contributed by atoms with van der Waals surface area (Å²) in [5.74, 6) is 0. The van der Waals surface area contributed by atoms with Gasteiger partial charge >= 0.3 is 0 Å². The second kappa shape index (κ2) is 7.10. The lowest BCUT2D eigenvalue weighted by Crippen LogP contribution is -2.15. The highest BCUT2D eigenvalue weighted by Gasteiger charge is 2.18. The summed E-state index contributed by atoms with van der Waals surface area (Å²) < 4.78 is 5.48. The largest absolute Gasteiger partial charge is 0.356 e. The second-order valence-electron chi connectivity index (χ2n) is 6.40. The molecule has 4 heteroatoms. The summed E-state index contributed by atoms with van der Waals surface area (Å²) in [6, 6.07) is 22.0. The number of pyridine rings is 1. The van der Waals surface area contributed by atoms with Crippen LogP contribution >= 0.6 is 0 Å². The van der Waals surface area contributed by atoms with E-state index in [0.29, 0.717) is 6.42 Å². The van der Waals surface area contributed by atoms with Gasteiger partial charge in [0.05, 0.1) is 0 Å². The molecule has 1 unspecified atom stereocenters. The van der Waals surface area contributed by atoms with Crippen molar-refractivity contribution in [1.29, 1.82) is 0 Å². The van der Waals surface area contributed by atoms with Crippen LogP contribution < -0.4 is 5.73 Å². The zero-order valence-electron chi connectivity index (χ0n) is 14.7. The van der Waals surface area contributed by atoms with Gasteiger partial charge in [0, 0.05) is 34.8 Å². The molecule has 0 saturated heterocycles. The minimum absolute atomic E-state index is 0.165. The van der Waals surface area contributed by atoms with Crippen LogP contribution in [-0.2, 0) is 12.8 Å². The first kappa shape index (κ1) is 16.5. The van der Waals surface area contributed by atoms with E-state index in [0.717, 1.165) is 45.6 Å². The highest BCUT2D eigenvalue weighted by molar-refractivity contribution is 5.92.